The molecule has 1 aromatic rings. The molecule has 0 fully saturated rings. The van der Waals surface area contributed by atoms with Gasteiger partial charge in [0.15, 0.2) is 0 Å². The molecule has 3 nitrogen and oxygen atoms in total. The standard InChI is InChI=1S/C12H16ClNO2/c1-9-4-3-5-11(8-9)16-7-6-14-12(15)10(2)13/h3-5,8,10H,6-7H2,1-2H3,(H,14,15). The van der Waals surface area contributed by atoms with Crippen LogP contribution in [0.15, 0.2) is 24.3 Å². The Labute approximate surface area is 101 Å². The monoisotopic (exact) mass is 241 g/mol. The van der Waals surface area contributed by atoms with E-state index in [0.717, 1.165) is 11.3 Å². The Kier molecular flexibility index (Phi) is 5.12. The lowest BCUT2D eigenvalue weighted by molar-refractivity contribution is -0.120. The molecule has 0 bridgehead atoms. The molecule has 1 amide bonds. The topological polar surface area (TPSA) is 38.3 Å². The maximum Gasteiger partial charge on any atom is 0.237 e. The van der Waals surface area contributed by atoms with Gasteiger partial charge >= 0.3 is 0 Å². The van der Waals surface area contributed by atoms with Crippen LogP contribution in [0.1, 0.15) is 12.5 Å². The second kappa shape index (κ2) is 6.38. The van der Waals surface area contributed by atoms with E-state index in [4.69, 9.17) is 16.3 Å². The summed E-state index contributed by atoms with van der Waals surface area (Å²) >= 11 is 5.59. The Hall–Kier alpha value is -1.22. The molecule has 4 heteroatoms. The van der Waals surface area contributed by atoms with Crippen LogP contribution in [0.4, 0.5) is 0 Å². The fourth-order valence-corrected chi connectivity index (χ4v) is 1.27. The van der Waals surface area contributed by atoms with Crippen molar-refractivity contribution in [1.82, 2.24) is 5.32 Å². The van der Waals surface area contributed by atoms with Crippen LogP contribution in [0.5, 0.6) is 5.75 Å². The molecule has 0 aliphatic rings. The highest BCUT2D eigenvalue weighted by Gasteiger charge is 2.07. The summed E-state index contributed by atoms with van der Waals surface area (Å²) in [6, 6.07) is 7.78. The van der Waals surface area contributed by atoms with Crippen molar-refractivity contribution >= 4 is 17.5 Å². The predicted molar refractivity (Wildman–Crippen MR) is 65.0 cm³/mol. The first-order chi connectivity index (χ1) is 7.59. The third kappa shape index (κ3) is 4.53. The maximum absolute atomic E-state index is 11.1. The molecule has 0 saturated heterocycles. The van der Waals surface area contributed by atoms with Gasteiger partial charge in [0.25, 0.3) is 0 Å². The van der Waals surface area contributed by atoms with Crippen LogP contribution in [-0.4, -0.2) is 24.4 Å². The molecule has 0 heterocycles. The first kappa shape index (κ1) is 12.8. The third-order valence-electron chi connectivity index (χ3n) is 2.02. The number of carbonyl (C=O) groups is 1. The van der Waals surface area contributed by atoms with Crippen LogP contribution in [0.2, 0.25) is 0 Å². The van der Waals surface area contributed by atoms with E-state index in [0.29, 0.717) is 13.2 Å². The van der Waals surface area contributed by atoms with Gasteiger partial charge in [0, 0.05) is 0 Å². The van der Waals surface area contributed by atoms with Crippen molar-refractivity contribution in [2.24, 2.45) is 0 Å². The SMILES string of the molecule is Cc1cccc(OCCNC(=O)C(C)Cl)c1. The van der Waals surface area contributed by atoms with Crippen molar-refractivity contribution in [2.45, 2.75) is 19.2 Å². The summed E-state index contributed by atoms with van der Waals surface area (Å²) in [5.41, 5.74) is 1.15. The molecular weight excluding hydrogens is 226 g/mol. The van der Waals surface area contributed by atoms with Gasteiger partial charge < -0.3 is 10.1 Å². The second-order valence-electron chi connectivity index (χ2n) is 3.57. The molecule has 1 atom stereocenters. The van der Waals surface area contributed by atoms with Gasteiger partial charge in [0.05, 0.1) is 6.54 Å². The number of carbonyl (C=O) groups excluding carboxylic acids is 1. The first-order valence-electron chi connectivity index (χ1n) is 5.21. The summed E-state index contributed by atoms with van der Waals surface area (Å²) in [6.45, 7) is 4.55. The number of hydrogen-bond acceptors (Lipinski definition) is 2. The van der Waals surface area contributed by atoms with Crippen molar-refractivity contribution in [3.63, 3.8) is 0 Å². The predicted octanol–water partition coefficient (Wildman–Crippen LogP) is 2.12. The van der Waals surface area contributed by atoms with Gasteiger partial charge in [0.1, 0.15) is 17.7 Å². The zero-order chi connectivity index (χ0) is 12.0. The number of ether oxygens (including phenoxy) is 1. The molecule has 0 radical (unpaired) electrons. The van der Waals surface area contributed by atoms with E-state index in [9.17, 15) is 4.79 Å². The van der Waals surface area contributed by atoms with Crippen LogP contribution in [0, 0.1) is 6.92 Å². The zero-order valence-corrected chi connectivity index (χ0v) is 10.3. The highest BCUT2D eigenvalue weighted by atomic mass is 35.5. The third-order valence-corrected chi connectivity index (χ3v) is 2.22. The van der Waals surface area contributed by atoms with E-state index in [1.165, 1.54) is 0 Å². The minimum Gasteiger partial charge on any atom is -0.492 e. The van der Waals surface area contributed by atoms with Crippen LogP contribution in [0.3, 0.4) is 0 Å². The molecule has 88 valence electrons. The molecule has 0 aliphatic carbocycles. The van der Waals surface area contributed by atoms with Gasteiger partial charge in [-0.25, -0.2) is 0 Å². The van der Waals surface area contributed by atoms with Crippen LogP contribution >= 0.6 is 11.6 Å². The van der Waals surface area contributed by atoms with E-state index >= 15 is 0 Å². The highest BCUT2D eigenvalue weighted by molar-refractivity contribution is 6.30. The van der Waals surface area contributed by atoms with Crippen LogP contribution < -0.4 is 10.1 Å². The molecule has 16 heavy (non-hydrogen) atoms. The Morgan fingerprint density at radius 2 is 2.31 bits per heavy atom. The highest BCUT2D eigenvalue weighted by Crippen LogP contribution is 2.11. The minimum atomic E-state index is -0.501. The van der Waals surface area contributed by atoms with Gasteiger partial charge in [-0.3, -0.25) is 4.79 Å². The average molecular weight is 242 g/mol. The lowest BCUT2D eigenvalue weighted by atomic mass is 10.2. The molecule has 1 N–H and O–H groups in total. The summed E-state index contributed by atoms with van der Waals surface area (Å²) in [5, 5.41) is 2.17. The summed E-state index contributed by atoms with van der Waals surface area (Å²) in [6.07, 6.45) is 0. The van der Waals surface area contributed by atoms with E-state index in [-0.39, 0.29) is 5.91 Å². The second-order valence-corrected chi connectivity index (χ2v) is 4.23. The van der Waals surface area contributed by atoms with Gasteiger partial charge in [-0.2, -0.15) is 0 Å². The molecule has 0 spiro atoms. The van der Waals surface area contributed by atoms with Crippen molar-refractivity contribution < 1.29 is 9.53 Å². The zero-order valence-electron chi connectivity index (χ0n) is 9.50. The summed E-state index contributed by atoms with van der Waals surface area (Å²) in [7, 11) is 0. The number of aryl methyl sites for hydroxylation is 1. The quantitative estimate of drug-likeness (QED) is 0.634. The molecule has 0 aliphatic heterocycles. The lowest BCUT2D eigenvalue weighted by Gasteiger charge is -2.08. The van der Waals surface area contributed by atoms with Crippen molar-refractivity contribution in [3.05, 3.63) is 29.8 Å². The molecule has 0 saturated carbocycles. The number of amides is 1. The Morgan fingerprint density at radius 3 is 2.94 bits per heavy atom. The fraction of sp³-hybridized carbons (Fsp3) is 0.417. The first-order valence-corrected chi connectivity index (χ1v) is 5.64. The van der Waals surface area contributed by atoms with Crippen molar-refractivity contribution in [3.8, 4) is 5.75 Å². The van der Waals surface area contributed by atoms with Gasteiger partial charge in [-0.1, -0.05) is 12.1 Å². The van der Waals surface area contributed by atoms with E-state index in [1.54, 1.807) is 6.92 Å². The Morgan fingerprint density at radius 1 is 1.56 bits per heavy atom. The van der Waals surface area contributed by atoms with E-state index in [1.807, 2.05) is 31.2 Å². The molecule has 0 aromatic heterocycles. The average Bonchev–Trinajstić information content (AvgIpc) is 2.24. The lowest BCUT2D eigenvalue weighted by Crippen LogP contribution is -2.32. The molecule has 1 unspecified atom stereocenters. The van der Waals surface area contributed by atoms with Crippen LogP contribution in [0.25, 0.3) is 0 Å². The van der Waals surface area contributed by atoms with Gasteiger partial charge in [0.2, 0.25) is 5.91 Å². The summed E-state index contributed by atoms with van der Waals surface area (Å²) in [5.74, 6) is 0.641. The number of alkyl halides is 1. The minimum absolute atomic E-state index is 0.172. The smallest absolute Gasteiger partial charge is 0.237 e. The summed E-state index contributed by atoms with van der Waals surface area (Å²) in [4.78, 5) is 11.1. The number of nitrogens with one attached hydrogen (secondary N) is 1. The molecule has 1 rings (SSSR count). The normalized spacial score (nSPS) is 11.9. The Balaban J connectivity index is 2.23. The van der Waals surface area contributed by atoms with Crippen LogP contribution in [-0.2, 0) is 4.79 Å². The number of halogens is 1. The van der Waals surface area contributed by atoms with Crippen molar-refractivity contribution in [2.75, 3.05) is 13.2 Å². The molecular formula is C12H16ClNO2. The largest absolute Gasteiger partial charge is 0.492 e. The van der Waals surface area contributed by atoms with E-state index < -0.39 is 5.38 Å². The fourth-order valence-electron chi connectivity index (χ4n) is 1.19. The Bertz CT molecular complexity index is 353. The van der Waals surface area contributed by atoms with Gasteiger partial charge in [-0.15, -0.1) is 11.6 Å². The molecule has 1 aromatic carbocycles. The number of benzene rings is 1. The summed E-state index contributed by atoms with van der Waals surface area (Å²) < 4.78 is 5.46. The number of rotatable bonds is 5. The van der Waals surface area contributed by atoms with Crippen molar-refractivity contribution in [1.29, 1.82) is 0 Å². The van der Waals surface area contributed by atoms with Gasteiger partial charge in [-0.05, 0) is 31.5 Å². The van der Waals surface area contributed by atoms with E-state index in [2.05, 4.69) is 5.32 Å². The maximum atomic E-state index is 11.1. The number of hydrogen-bond donors (Lipinski definition) is 1.